The molecule has 1 aromatic heterocycles. The lowest BCUT2D eigenvalue weighted by Gasteiger charge is -2.11. The smallest absolute Gasteiger partial charge is 0.396 e. The van der Waals surface area contributed by atoms with Gasteiger partial charge in [-0.15, -0.1) is 0 Å². The molecule has 108 valence electrons. The van der Waals surface area contributed by atoms with Crippen LogP contribution in [0.5, 0.6) is 0 Å². The lowest BCUT2D eigenvalue weighted by atomic mass is 10.2. The van der Waals surface area contributed by atoms with Crippen molar-refractivity contribution in [3.05, 3.63) is 17.7 Å². The van der Waals surface area contributed by atoms with E-state index in [4.69, 9.17) is 10.8 Å². The number of rotatable bonds is 7. The summed E-state index contributed by atoms with van der Waals surface area (Å²) in [5.74, 6) is -0.0212. The molecule has 1 aromatic rings. The third kappa shape index (κ3) is 5.78. The minimum Gasteiger partial charge on any atom is -0.396 e. The number of alkyl halides is 3. The van der Waals surface area contributed by atoms with E-state index >= 15 is 0 Å². The van der Waals surface area contributed by atoms with Crippen molar-refractivity contribution in [1.82, 2.24) is 4.98 Å². The van der Waals surface area contributed by atoms with E-state index in [1.54, 1.807) is 0 Å². The highest BCUT2D eigenvalue weighted by atomic mass is 19.4. The highest BCUT2D eigenvalue weighted by molar-refractivity contribution is 5.47. The van der Waals surface area contributed by atoms with Crippen molar-refractivity contribution in [3.63, 3.8) is 0 Å². The first-order chi connectivity index (χ1) is 8.93. The second-order valence-corrected chi connectivity index (χ2v) is 4.23. The lowest BCUT2D eigenvalue weighted by molar-refractivity contribution is -0.137. The molecule has 0 aliphatic heterocycles. The largest absolute Gasteiger partial charge is 0.416 e. The zero-order valence-electron chi connectivity index (χ0n) is 10.5. The summed E-state index contributed by atoms with van der Waals surface area (Å²) in [4.78, 5) is 3.81. The molecule has 4 N–H and O–H groups in total. The number of unbranched alkanes of at least 4 members (excludes halogenated alkanes) is 3. The molecule has 1 heterocycles. The van der Waals surface area contributed by atoms with Crippen LogP contribution < -0.4 is 11.1 Å². The van der Waals surface area contributed by atoms with Crippen LogP contribution in [0.3, 0.4) is 0 Å². The highest BCUT2D eigenvalue weighted by Crippen LogP contribution is 2.31. The van der Waals surface area contributed by atoms with E-state index in [0.717, 1.165) is 37.8 Å². The van der Waals surface area contributed by atoms with Crippen LogP contribution in [0.4, 0.5) is 24.8 Å². The Kier molecular flexibility index (Phi) is 5.88. The van der Waals surface area contributed by atoms with E-state index in [9.17, 15) is 13.2 Å². The molecule has 0 radical (unpaired) electrons. The normalized spacial score (nSPS) is 11.6. The number of hydrogen-bond donors (Lipinski definition) is 3. The Balaban J connectivity index is 2.48. The van der Waals surface area contributed by atoms with Gasteiger partial charge in [0.25, 0.3) is 0 Å². The van der Waals surface area contributed by atoms with Crippen molar-refractivity contribution in [3.8, 4) is 0 Å². The fourth-order valence-electron chi connectivity index (χ4n) is 1.61. The maximum absolute atomic E-state index is 12.5. The predicted molar refractivity (Wildman–Crippen MR) is 67.7 cm³/mol. The Labute approximate surface area is 109 Å². The highest BCUT2D eigenvalue weighted by Gasteiger charge is 2.31. The first-order valence-corrected chi connectivity index (χ1v) is 6.13. The number of halogens is 3. The van der Waals surface area contributed by atoms with Gasteiger partial charge in [-0.05, 0) is 25.0 Å². The summed E-state index contributed by atoms with van der Waals surface area (Å²) in [6.07, 6.45) is -1.07. The van der Waals surface area contributed by atoms with Gasteiger partial charge in [-0.25, -0.2) is 4.98 Å². The molecule has 0 unspecified atom stereocenters. The number of nitrogens with zero attached hydrogens (tertiary/aromatic N) is 1. The number of anilines is 2. The zero-order chi connectivity index (χ0) is 14.3. The summed E-state index contributed by atoms with van der Waals surface area (Å²) in [6.45, 7) is 0.693. The monoisotopic (exact) mass is 277 g/mol. The summed E-state index contributed by atoms with van der Waals surface area (Å²) >= 11 is 0. The molecule has 0 fully saturated rings. The van der Waals surface area contributed by atoms with Crippen molar-refractivity contribution < 1.29 is 18.3 Å². The number of nitrogens with one attached hydrogen (secondary N) is 1. The van der Waals surface area contributed by atoms with Gasteiger partial charge in [-0.1, -0.05) is 12.8 Å². The number of aromatic nitrogens is 1. The van der Waals surface area contributed by atoms with Gasteiger partial charge in [0.05, 0.1) is 5.56 Å². The Morgan fingerprint density at radius 1 is 1.16 bits per heavy atom. The summed E-state index contributed by atoms with van der Waals surface area (Å²) in [7, 11) is 0. The Morgan fingerprint density at radius 2 is 1.84 bits per heavy atom. The van der Waals surface area contributed by atoms with Crippen molar-refractivity contribution >= 4 is 11.6 Å². The molecule has 0 spiro atoms. The molecule has 19 heavy (non-hydrogen) atoms. The number of nitrogens with two attached hydrogens (primary N) is 1. The van der Waals surface area contributed by atoms with Gasteiger partial charge >= 0.3 is 6.18 Å². The van der Waals surface area contributed by atoms with Crippen molar-refractivity contribution in [2.24, 2.45) is 0 Å². The molecular formula is C12H18F3N3O. The van der Waals surface area contributed by atoms with Crippen LogP contribution in [0.2, 0.25) is 0 Å². The second kappa shape index (κ2) is 7.18. The predicted octanol–water partition coefficient (Wildman–Crippen LogP) is 2.65. The molecule has 0 saturated carbocycles. The van der Waals surface area contributed by atoms with Gasteiger partial charge in [-0.3, -0.25) is 0 Å². The molecule has 4 nitrogen and oxygen atoms in total. The number of pyridine rings is 1. The van der Waals surface area contributed by atoms with Gasteiger partial charge in [0, 0.05) is 13.2 Å². The minimum absolute atomic E-state index is 0.134. The SMILES string of the molecule is Nc1cc(C(F)(F)F)cc(NCCCCCCO)n1. The molecule has 0 atom stereocenters. The van der Waals surface area contributed by atoms with Gasteiger partial charge < -0.3 is 16.2 Å². The average molecular weight is 277 g/mol. The minimum atomic E-state index is -4.42. The average Bonchev–Trinajstić information content (AvgIpc) is 2.32. The summed E-state index contributed by atoms with van der Waals surface area (Å²) in [5.41, 5.74) is 4.54. The molecule has 0 saturated heterocycles. The summed E-state index contributed by atoms with van der Waals surface area (Å²) < 4.78 is 37.6. The molecule has 0 aliphatic carbocycles. The van der Waals surface area contributed by atoms with E-state index in [1.807, 2.05) is 0 Å². The van der Waals surface area contributed by atoms with Crippen molar-refractivity contribution in [2.75, 3.05) is 24.2 Å². The Hall–Kier alpha value is -1.50. The Bertz CT molecular complexity index is 396. The van der Waals surface area contributed by atoms with Crippen LogP contribution in [0.1, 0.15) is 31.2 Å². The fourth-order valence-corrected chi connectivity index (χ4v) is 1.61. The van der Waals surface area contributed by atoms with Crippen LogP contribution in [0.15, 0.2) is 12.1 Å². The number of nitrogen functional groups attached to an aromatic ring is 1. The van der Waals surface area contributed by atoms with Gasteiger partial charge in [0.2, 0.25) is 0 Å². The topological polar surface area (TPSA) is 71.2 Å². The summed E-state index contributed by atoms with van der Waals surface area (Å²) in [5, 5.41) is 11.4. The van der Waals surface area contributed by atoms with Gasteiger partial charge in [0.15, 0.2) is 0 Å². The van der Waals surface area contributed by atoms with E-state index in [2.05, 4.69) is 10.3 Å². The zero-order valence-corrected chi connectivity index (χ0v) is 10.5. The van der Waals surface area contributed by atoms with E-state index in [1.165, 1.54) is 0 Å². The maximum Gasteiger partial charge on any atom is 0.416 e. The Morgan fingerprint density at radius 3 is 2.47 bits per heavy atom. The fraction of sp³-hybridized carbons (Fsp3) is 0.583. The molecule has 0 bridgehead atoms. The van der Waals surface area contributed by atoms with Gasteiger partial charge in [0.1, 0.15) is 11.6 Å². The van der Waals surface area contributed by atoms with Crippen LogP contribution in [-0.2, 0) is 6.18 Å². The van der Waals surface area contributed by atoms with Crippen molar-refractivity contribution in [1.29, 1.82) is 0 Å². The number of aliphatic hydroxyl groups excluding tert-OH is 1. The second-order valence-electron chi connectivity index (χ2n) is 4.23. The molecule has 7 heteroatoms. The first kappa shape index (κ1) is 15.6. The number of hydrogen-bond acceptors (Lipinski definition) is 4. The van der Waals surface area contributed by atoms with E-state index in [-0.39, 0.29) is 18.2 Å². The van der Waals surface area contributed by atoms with Crippen LogP contribution >= 0.6 is 0 Å². The molecule has 1 rings (SSSR count). The molecular weight excluding hydrogens is 259 g/mol. The van der Waals surface area contributed by atoms with E-state index in [0.29, 0.717) is 6.54 Å². The third-order valence-electron chi connectivity index (χ3n) is 2.56. The van der Waals surface area contributed by atoms with Crippen LogP contribution in [0.25, 0.3) is 0 Å². The summed E-state index contributed by atoms with van der Waals surface area (Å²) in [6, 6.07) is 1.76. The standard InChI is InChI=1S/C12H18F3N3O/c13-12(14,15)9-7-10(16)18-11(8-9)17-5-3-1-2-4-6-19/h7-8,19H,1-6H2,(H3,16,17,18). The van der Waals surface area contributed by atoms with Gasteiger partial charge in [-0.2, -0.15) is 13.2 Å². The lowest BCUT2D eigenvalue weighted by Crippen LogP contribution is -2.10. The molecule has 0 amide bonds. The van der Waals surface area contributed by atoms with Crippen LogP contribution in [-0.4, -0.2) is 23.2 Å². The van der Waals surface area contributed by atoms with Crippen molar-refractivity contribution in [2.45, 2.75) is 31.9 Å². The van der Waals surface area contributed by atoms with Crippen LogP contribution in [0, 0.1) is 0 Å². The third-order valence-corrected chi connectivity index (χ3v) is 2.56. The quantitative estimate of drug-likeness (QED) is 0.670. The van der Waals surface area contributed by atoms with E-state index < -0.39 is 11.7 Å². The first-order valence-electron chi connectivity index (χ1n) is 6.13. The molecule has 0 aromatic carbocycles. The molecule has 0 aliphatic rings. The maximum atomic E-state index is 12.5. The number of aliphatic hydroxyl groups is 1.